The Kier molecular flexibility index (Phi) is 5.79. The Morgan fingerprint density at radius 2 is 1.62 bits per heavy atom. The van der Waals surface area contributed by atoms with Crippen LogP contribution in [0.25, 0.3) is 0 Å². The minimum absolute atomic E-state index is 0.0457. The van der Waals surface area contributed by atoms with Gasteiger partial charge in [0.05, 0.1) is 4.90 Å². The predicted octanol–water partition coefficient (Wildman–Crippen LogP) is 3.62. The summed E-state index contributed by atoms with van der Waals surface area (Å²) in [7, 11) is -3.66. The molecule has 0 bridgehead atoms. The fourth-order valence-corrected chi connectivity index (χ4v) is 5.96. The van der Waals surface area contributed by atoms with E-state index in [9.17, 15) is 17.6 Å². The molecule has 0 aliphatic carbocycles. The molecule has 0 saturated carbocycles. The Morgan fingerprint density at radius 3 is 2.22 bits per heavy atom. The number of hydrogen-bond donors (Lipinski definition) is 0. The average Bonchev–Trinajstić information content (AvgIpc) is 3.04. The first-order valence-electron chi connectivity index (χ1n) is 11.0. The summed E-state index contributed by atoms with van der Waals surface area (Å²) in [5.74, 6) is -0.370. The zero-order chi connectivity index (χ0) is 23.3. The lowest BCUT2D eigenvalue weighted by atomic mass is 9.87. The lowest BCUT2D eigenvalue weighted by Crippen LogP contribution is -2.48. The maximum Gasteiger partial charge on any atom is 0.243 e. The number of benzene rings is 2. The van der Waals surface area contributed by atoms with E-state index in [4.69, 9.17) is 0 Å². The van der Waals surface area contributed by atoms with Crippen LogP contribution in [0, 0.1) is 11.7 Å². The van der Waals surface area contributed by atoms with Crippen LogP contribution in [-0.4, -0.2) is 51.4 Å². The number of carbonyl (C=O) groups is 1. The van der Waals surface area contributed by atoms with Gasteiger partial charge in [-0.3, -0.25) is 4.79 Å². The molecule has 1 saturated heterocycles. The van der Waals surface area contributed by atoms with E-state index >= 15 is 0 Å². The summed E-state index contributed by atoms with van der Waals surface area (Å²) >= 11 is 0. The first kappa shape index (κ1) is 22.7. The molecule has 0 atom stereocenters. The number of nitrogens with zero attached hydrogens (tertiary/aromatic N) is 3. The summed E-state index contributed by atoms with van der Waals surface area (Å²) in [6.45, 7) is 10.2. The van der Waals surface area contributed by atoms with Crippen LogP contribution >= 0.6 is 0 Å². The molecule has 0 aromatic heterocycles. The van der Waals surface area contributed by atoms with Crippen LogP contribution in [0.2, 0.25) is 0 Å². The molecule has 0 N–H and O–H groups in total. The van der Waals surface area contributed by atoms with Gasteiger partial charge in [0.15, 0.2) is 0 Å². The molecule has 1 amide bonds. The van der Waals surface area contributed by atoms with Crippen LogP contribution in [0.5, 0.6) is 0 Å². The van der Waals surface area contributed by atoms with Crippen molar-refractivity contribution in [3.05, 3.63) is 53.8 Å². The molecule has 6 nitrogen and oxygen atoms in total. The van der Waals surface area contributed by atoms with E-state index in [0.717, 1.165) is 16.9 Å². The normalized spacial score (nSPS) is 18.8. The van der Waals surface area contributed by atoms with Gasteiger partial charge in [-0.05, 0) is 48.0 Å². The van der Waals surface area contributed by atoms with Crippen molar-refractivity contribution in [2.45, 2.75) is 38.0 Å². The van der Waals surface area contributed by atoms with Crippen LogP contribution in [0.1, 0.15) is 33.3 Å². The molecule has 2 heterocycles. The molecule has 2 aliphatic rings. The molecule has 2 aromatic carbocycles. The van der Waals surface area contributed by atoms with Gasteiger partial charge in [-0.1, -0.05) is 27.7 Å². The summed E-state index contributed by atoms with van der Waals surface area (Å²) in [5.41, 5.74) is 2.25. The second-order valence-electron chi connectivity index (χ2n) is 9.51. The van der Waals surface area contributed by atoms with Crippen molar-refractivity contribution in [3.63, 3.8) is 0 Å². The number of anilines is 2. The Balaban J connectivity index is 1.55. The molecule has 1 fully saturated rings. The quantitative estimate of drug-likeness (QED) is 0.701. The van der Waals surface area contributed by atoms with E-state index in [1.54, 1.807) is 35.2 Å². The van der Waals surface area contributed by atoms with E-state index in [-0.39, 0.29) is 28.0 Å². The Bertz CT molecular complexity index is 1120. The van der Waals surface area contributed by atoms with Gasteiger partial charge < -0.3 is 9.80 Å². The monoisotopic (exact) mass is 459 g/mol. The highest BCUT2D eigenvalue weighted by molar-refractivity contribution is 7.89. The second kappa shape index (κ2) is 8.15. The fraction of sp³-hybridized carbons (Fsp3) is 0.458. The van der Waals surface area contributed by atoms with Gasteiger partial charge in [0.25, 0.3) is 0 Å². The maximum atomic E-state index is 13.4. The van der Waals surface area contributed by atoms with E-state index in [2.05, 4.69) is 4.90 Å². The van der Waals surface area contributed by atoms with Crippen molar-refractivity contribution in [1.82, 2.24) is 4.31 Å². The molecule has 0 spiro atoms. The number of sulfonamides is 1. The van der Waals surface area contributed by atoms with Crippen LogP contribution in [0.4, 0.5) is 15.8 Å². The lowest BCUT2D eigenvalue weighted by Gasteiger charge is -2.35. The van der Waals surface area contributed by atoms with Crippen LogP contribution < -0.4 is 9.80 Å². The second-order valence-corrected chi connectivity index (χ2v) is 11.4. The van der Waals surface area contributed by atoms with Crippen molar-refractivity contribution in [1.29, 1.82) is 0 Å². The number of halogens is 1. The number of amides is 1. The summed E-state index contributed by atoms with van der Waals surface area (Å²) in [4.78, 5) is 16.8. The van der Waals surface area contributed by atoms with E-state index < -0.39 is 10.0 Å². The van der Waals surface area contributed by atoms with Crippen molar-refractivity contribution >= 4 is 27.3 Å². The Hall–Kier alpha value is -2.45. The van der Waals surface area contributed by atoms with Crippen molar-refractivity contribution < 1.29 is 17.6 Å². The van der Waals surface area contributed by atoms with Gasteiger partial charge in [-0.15, -0.1) is 0 Å². The Morgan fingerprint density at radius 1 is 1.00 bits per heavy atom. The standard InChI is InChI=1S/C24H30FN3O3S/c1-17(2)23(29)28-16-24(3,4)21-15-20(9-10-22(21)28)32(30,31)27-13-11-26(12-14-27)19-7-5-18(25)6-8-19/h5-10,15,17H,11-14,16H2,1-4H3. The molecular formula is C24H30FN3O3S. The minimum atomic E-state index is -3.66. The fourth-order valence-electron chi connectivity index (χ4n) is 4.51. The van der Waals surface area contributed by atoms with Crippen LogP contribution in [-0.2, 0) is 20.2 Å². The van der Waals surface area contributed by atoms with E-state index in [1.165, 1.54) is 16.4 Å². The molecule has 2 aliphatic heterocycles. The molecule has 2 aromatic rings. The van der Waals surface area contributed by atoms with Gasteiger partial charge in [-0.2, -0.15) is 4.31 Å². The number of carbonyl (C=O) groups excluding carboxylic acids is 1. The molecule has 0 radical (unpaired) electrons. The third-order valence-corrected chi connectivity index (χ3v) is 8.26. The zero-order valence-electron chi connectivity index (χ0n) is 19.0. The highest BCUT2D eigenvalue weighted by Crippen LogP contribution is 2.42. The van der Waals surface area contributed by atoms with E-state index in [1.807, 2.05) is 27.7 Å². The summed E-state index contributed by atoms with van der Waals surface area (Å²) in [5, 5.41) is 0. The largest absolute Gasteiger partial charge is 0.369 e. The van der Waals surface area contributed by atoms with Crippen LogP contribution in [0.15, 0.2) is 47.4 Å². The molecule has 8 heteroatoms. The van der Waals surface area contributed by atoms with E-state index in [0.29, 0.717) is 32.7 Å². The summed E-state index contributed by atoms with van der Waals surface area (Å²) in [6.07, 6.45) is 0. The number of rotatable bonds is 4. The number of piperazine rings is 1. The lowest BCUT2D eigenvalue weighted by molar-refractivity contribution is -0.121. The number of fused-ring (bicyclic) bond motifs is 1. The predicted molar refractivity (Wildman–Crippen MR) is 124 cm³/mol. The zero-order valence-corrected chi connectivity index (χ0v) is 19.8. The average molecular weight is 460 g/mol. The third-order valence-electron chi connectivity index (χ3n) is 6.37. The highest BCUT2D eigenvalue weighted by Gasteiger charge is 2.40. The SMILES string of the molecule is CC(C)C(=O)N1CC(C)(C)c2cc(S(=O)(=O)N3CCN(c4ccc(F)cc4)CC3)ccc21. The molecule has 32 heavy (non-hydrogen) atoms. The van der Waals surface area contributed by atoms with Gasteiger partial charge >= 0.3 is 0 Å². The highest BCUT2D eigenvalue weighted by atomic mass is 32.2. The van der Waals surface area contributed by atoms with Gasteiger partial charge in [0.1, 0.15) is 5.82 Å². The van der Waals surface area contributed by atoms with Crippen molar-refractivity contribution in [3.8, 4) is 0 Å². The van der Waals surface area contributed by atoms with Gasteiger partial charge in [-0.25, -0.2) is 12.8 Å². The topological polar surface area (TPSA) is 60.9 Å². The minimum Gasteiger partial charge on any atom is -0.369 e. The van der Waals surface area contributed by atoms with Gasteiger partial charge in [0.2, 0.25) is 15.9 Å². The molecule has 172 valence electrons. The van der Waals surface area contributed by atoms with Gasteiger partial charge in [0, 0.05) is 55.4 Å². The van der Waals surface area contributed by atoms with Crippen molar-refractivity contribution in [2.24, 2.45) is 5.92 Å². The molecular weight excluding hydrogens is 429 g/mol. The number of hydrogen-bond acceptors (Lipinski definition) is 4. The van der Waals surface area contributed by atoms with Crippen molar-refractivity contribution in [2.75, 3.05) is 42.5 Å². The molecule has 4 rings (SSSR count). The summed E-state index contributed by atoms with van der Waals surface area (Å²) in [6, 6.07) is 11.4. The van der Waals surface area contributed by atoms with Crippen LogP contribution in [0.3, 0.4) is 0 Å². The summed E-state index contributed by atoms with van der Waals surface area (Å²) < 4.78 is 41.5. The maximum absolute atomic E-state index is 13.4. The Labute approximate surface area is 189 Å². The first-order chi connectivity index (χ1) is 15.0. The molecule has 0 unspecified atom stereocenters. The smallest absolute Gasteiger partial charge is 0.243 e. The third kappa shape index (κ3) is 4.01. The first-order valence-corrected chi connectivity index (χ1v) is 12.4.